The Kier molecular flexibility index (Phi) is 4.47. The quantitative estimate of drug-likeness (QED) is 0.389. The lowest BCUT2D eigenvalue weighted by atomic mass is 10.1. The van der Waals surface area contributed by atoms with Crippen LogP contribution in [0.25, 0.3) is 34.4 Å². The van der Waals surface area contributed by atoms with Gasteiger partial charge in [-0.1, -0.05) is 12.1 Å². The van der Waals surface area contributed by atoms with Crippen molar-refractivity contribution >= 4 is 57.6 Å². The van der Waals surface area contributed by atoms with Crippen LogP contribution in [-0.2, 0) is 11.8 Å². The number of benzene rings is 2. The van der Waals surface area contributed by atoms with Gasteiger partial charge in [-0.3, -0.25) is 0 Å². The Hall–Kier alpha value is -2.30. The van der Waals surface area contributed by atoms with Crippen LogP contribution in [0.3, 0.4) is 0 Å². The van der Waals surface area contributed by atoms with Gasteiger partial charge in [-0.05, 0) is 48.2 Å². The first kappa shape index (κ1) is 17.1. The summed E-state index contributed by atoms with van der Waals surface area (Å²) in [5.74, 6) is 1.75. The number of nitrogens with zero attached hydrogens (tertiary/aromatic N) is 2. The van der Waals surface area contributed by atoms with Crippen LogP contribution in [0.5, 0.6) is 0 Å². The van der Waals surface area contributed by atoms with Crippen LogP contribution < -0.4 is 0 Å². The van der Waals surface area contributed by atoms with E-state index in [4.69, 9.17) is 32.0 Å². The number of halogens is 2. The van der Waals surface area contributed by atoms with E-state index in [2.05, 4.69) is 9.97 Å². The fraction of sp³-hybridized carbons (Fsp3) is 0.200. The van der Waals surface area contributed by atoms with E-state index in [9.17, 15) is 0 Å². The van der Waals surface area contributed by atoms with Crippen LogP contribution in [0.4, 0.5) is 0 Å². The maximum atomic E-state index is 6.04. The average Bonchev–Trinajstić information content (AvgIpc) is 3.23. The SMILES string of the molecule is Cc1ccc2oc(/C=C/c3nc4c(CCl)c(C)ccc4o3)nc2c1CCl. The molecule has 0 aliphatic heterocycles. The van der Waals surface area contributed by atoms with E-state index in [1.807, 2.05) is 38.1 Å². The number of alkyl halides is 2. The van der Waals surface area contributed by atoms with Crippen molar-refractivity contribution in [3.63, 3.8) is 0 Å². The van der Waals surface area contributed by atoms with Crippen molar-refractivity contribution in [2.45, 2.75) is 25.6 Å². The zero-order valence-corrected chi connectivity index (χ0v) is 15.9. The molecule has 2 aromatic carbocycles. The molecule has 0 atom stereocenters. The molecule has 0 spiro atoms. The van der Waals surface area contributed by atoms with Crippen molar-refractivity contribution in [1.82, 2.24) is 9.97 Å². The van der Waals surface area contributed by atoms with Crippen LogP contribution in [-0.4, -0.2) is 9.97 Å². The molecule has 0 aliphatic carbocycles. The number of rotatable bonds is 4. The molecule has 4 aromatic rings. The maximum Gasteiger partial charge on any atom is 0.220 e. The van der Waals surface area contributed by atoms with E-state index in [1.165, 1.54) is 0 Å². The molecule has 0 saturated carbocycles. The summed E-state index contributed by atoms with van der Waals surface area (Å²) in [4.78, 5) is 9.07. The fourth-order valence-corrected chi connectivity index (χ4v) is 3.63. The molecule has 26 heavy (non-hydrogen) atoms. The summed E-state index contributed by atoms with van der Waals surface area (Å²) in [6.07, 6.45) is 3.48. The monoisotopic (exact) mass is 386 g/mol. The third kappa shape index (κ3) is 2.89. The second kappa shape index (κ2) is 6.78. The van der Waals surface area contributed by atoms with E-state index < -0.39 is 0 Å². The number of oxazole rings is 2. The van der Waals surface area contributed by atoms with E-state index in [0.29, 0.717) is 34.7 Å². The first-order chi connectivity index (χ1) is 12.6. The number of fused-ring (bicyclic) bond motifs is 2. The highest BCUT2D eigenvalue weighted by Gasteiger charge is 2.12. The summed E-state index contributed by atoms with van der Waals surface area (Å²) in [7, 11) is 0. The average molecular weight is 387 g/mol. The normalized spacial score (nSPS) is 12.0. The second-order valence-electron chi connectivity index (χ2n) is 6.12. The number of hydrogen-bond acceptors (Lipinski definition) is 4. The highest BCUT2D eigenvalue weighted by molar-refractivity contribution is 6.18. The molecule has 132 valence electrons. The summed E-state index contributed by atoms with van der Waals surface area (Å²) >= 11 is 12.1. The summed E-state index contributed by atoms with van der Waals surface area (Å²) in [5, 5.41) is 0. The van der Waals surface area contributed by atoms with Gasteiger partial charge in [-0.15, -0.1) is 23.2 Å². The molecule has 6 heteroatoms. The van der Waals surface area contributed by atoms with Crippen LogP contribution in [0, 0.1) is 13.8 Å². The van der Waals surface area contributed by atoms with Crippen molar-refractivity contribution in [2.75, 3.05) is 0 Å². The molecular formula is C20H16Cl2N2O2. The molecule has 0 amide bonds. The molecule has 2 heterocycles. The van der Waals surface area contributed by atoms with Gasteiger partial charge in [0.15, 0.2) is 11.2 Å². The molecule has 0 N–H and O–H groups in total. The van der Waals surface area contributed by atoms with Crippen LogP contribution in [0.1, 0.15) is 34.0 Å². The molecule has 0 saturated heterocycles. The summed E-state index contributed by atoms with van der Waals surface area (Å²) < 4.78 is 11.6. The lowest BCUT2D eigenvalue weighted by molar-refractivity contribution is 0.583. The third-order valence-corrected chi connectivity index (χ3v) is 5.00. The molecule has 0 bridgehead atoms. The largest absolute Gasteiger partial charge is 0.437 e. The first-order valence-electron chi connectivity index (χ1n) is 8.18. The fourth-order valence-electron chi connectivity index (χ4n) is 2.96. The lowest BCUT2D eigenvalue weighted by Gasteiger charge is -2.00. The van der Waals surface area contributed by atoms with E-state index in [-0.39, 0.29) is 0 Å². The Labute approximate surface area is 160 Å². The number of hydrogen-bond donors (Lipinski definition) is 0. The molecule has 0 fully saturated rings. The molecule has 4 rings (SSSR count). The summed E-state index contributed by atoms with van der Waals surface area (Å²) in [6.45, 7) is 4.02. The molecule has 2 aromatic heterocycles. The predicted molar refractivity (Wildman–Crippen MR) is 106 cm³/mol. The molecule has 4 nitrogen and oxygen atoms in total. The smallest absolute Gasteiger partial charge is 0.220 e. The Morgan fingerprint density at radius 2 is 1.19 bits per heavy atom. The zero-order chi connectivity index (χ0) is 18.3. The molecule has 0 radical (unpaired) electrons. The highest BCUT2D eigenvalue weighted by Crippen LogP contribution is 2.27. The van der Waals surface area contributed by atoms with Gasteiger partial charge in [0.25, 0.3) is 0 Å². The van der Waals surface area contributed by atoms with Crippen molar-refractivity contribution in [2.24, 2.45) is 0 Å². The maximum absolute atomic E-state index is 6.04. The second-order valence-corrected chi connectivity index (χ2v) is 6.65. The van der Waals surface area contributed by atoms with Gasteiger partial charge >= 0.3 is 0 Å². The third-order valence-electron chi connectivity index (χ3n) is 4.47. The highest BCUT2D eigenvalue weighted by atomic mass is 35.5. The van der Waals surface area contributed by atoms with Crippen molar-refractivity contribution in [3.05, 3.63) is 58.3 Å². The number of aromatic nitrogens is 2. The van der Waals surface area contributed by atoms with Crippen LogP contribution >= 0.6 is 23.2 Å². The van der Waals surface area contributed by atoms with Gasteiger partial charge in [0.05, 0.1) is 0 Å². The summed E-state index contributed by atoms with van der Waals surface area (Å²) in [6, 6.07) is 7.77. The Morgan fingerprint density at radius 3 is 1.58 bits per heavy atom. The van der Waals surface area contributed by atoms with Gasteiger partial charge in [-0.2, -0.15) is 0 Å². The van der Waals surface area contributed by atoms with Crippen molar-refractivity contribution in [1.29, 1.82) is 0 Å². The molecule has 0 aliphatic rings. The number of aryl methyl sites for hydroxylation is 2. The Morgan fingerprint density at radius 1 is 0.769 bits per heavy atom. The topological polar surface area (TPSA) is 52.1 Å². The lowest BCUT2D eigenvalue weighted by Crippen LogP contribution is -1.86. The van der Waals surface area contributed by atoms with Crippen molar-refractivity contribution in [3.8, 4) is 0 Å². The predicted octanol–water partition coefficient (Wildman–Crippen LogP) is 6.23. The zero-order valence-electron chi connectivity index (χ0n) is 14.3. The molecule has 0 unspecified atom stereocenters. The minimum Gasteiger partial charge on any atom is -0.437 e. The minimum atomic E-state index is 0.393. The van der Waals surface area contributed by atoms with E-state index in [0.717, 1.165) is 33.3 Å². The Balaban J connectivity index is 1.72. The standard InChI is InChI=1S/C20H16Cl2N2O2/c1-11-3-5-15-19(13(11)9-21)23-17(25-15)7-8-18-24-20-14(10-22)12(2)4-6-16(20)26-18/h3-8H,9-10H2,1-2H3/b8-7+. The summed E-state index contributed by atoms with van der Waals surface area (Å²) in [5.41, 5.74) is 7.16. The van der Waals surface area contributed by atoms with Gasteiger partial charge in [0.2, 0.25) is 11.8 Å². The van der Waals surface area contributed by atoms with E-state index >= 15 is 0 Å². The minimum absolute atomic E-state index is 0.393. The van der Waals surface area contributed by atoms with Crippen LogP contribution in [0.2, 0.25) is 0 Å². The van der Waals surface area contributed by atoms with Gasteiger partial charge in [0.1, 0.15) is 11.0 Å². The Bertz CT molecular complexity index is 1050. The first-order valence-corrected chi connectivity index (χ1v) is 9.25. The van der Waals surface area contributed by atoms with E-state index in [1.54, 1.807) is 12.2 Å². The van der Waals surface area contributed by atoms with Gasteiger partial charge in [0, 0.05) is 23.9 Å². The molecular weight excluding hydrogens is 371 g/mol. The van der Waals surface area contributed by atoms with Crippen LogP contribution in [0.15, 0.2) is 33.1 Å². The van der Waals surface area contributed by atoms with Crippen molar-refractivity contribution < 1.29 is 8.83 Å². The van der Waals surface area contributed by atoms with Gasteiger partial charge in [-0.25, -0.2) is 9.97 Å². The van der Waals surface area contributed by atoms with Gasteiger partial charge < -0.3 is 8.83 Å².